The summed E-state index contributed by atoms with van der Waals surface area (Å²) in [7, 11) is 0. The van der Waals surface area contributed by atoms with Gasteiger partial charge in [0.15, 0.2) is 17.7 Å². The minimum atomic E-state index is -4.70. The van der Waals surface area contributed by atoms with Crippen LogP contribution in [0, 0.1) is 17.5 Å². The molecule has 5 rings (SSSR count). The molecule has 1 fully saturated rings. The highest BCUT2D eigenvalue weighted by Crippen LogP contribution is 2.42. The molecule has 178 valence electrons. The fourth-order valence-corrected chi connectivity index (χ4v) is 4.94. The number of alkyl halides is 3. The minimum Gasteiger partial charge on any atom is -0.340 e. The number of nitrogens with zero attached hydrogens (tertiary/aromatic N) is 3. The number of hydrogen-bond donors (Lipinski definition) is 1. The number of piperidine rings is 1. The van der Waals surface area contributed by atoms with E-state index in [-0.39, 0.29) is 30.0 Å². The molecule has 0 unspecified atom stereocenters. The monoisotopic (exact) mass is 498 g/mol. The molecule has 1 aliphatic rings. The van der Waals surface area contributed by atoms with Gasteiger partial charge in [0.2, 0.25) is 0 Å². The molecule has 0 aliphatic carbocycles. The third-order valence-corrected chi connectivity index (χ3v) is 6.62. The third-order valence-electron chi connectivity index (χ3n) is 6.27. The smallest absolute Gasteiger partial charge is 0.340 e. The van der Waals surface area contributed by atoms with E-state index in [1.165, 1.54) is 17.0 Å². The van der Waals surface area contributed by atoms with E-state index in [1.807, 2.05) is 0 Å². The summed E-state index contributed by atoms with van der Waals surface area (Å²) >= 11 is 5.77. The summed E-state index contributed by atoms with van der Waals surface area (Å²) in [6.45, 7) is 0.170. The number of likely N-dealkylation sites (tertiary alicyclic amines) is 1. The van der Waals surface area contributed by atoms with Crippen molar-refractivity contribution in [1.82, 2.24) is 19.9 Å². The van der Waals surface area contributed by atoms with Crippen molar-refractivity contribution in [1.29, 1.82) is 0 Å². The van der Waals surface area contributed by atoms with Crippen molar-refractivity contribution in [2.75, 3.05) is 13.1 Å². The van der Waals surface area contributed by atoms with Gasteiger partial charge in [0.05, 0.1) is 11.0 Å². The Kier molecular flexibility index (Phi) is 5.68. The average molecular weight is 499 g/mol. The fraction of sp³-hybridized carbons (Fsp3) is 0.304. The topological polar surface area (TPSA) is 44.8 Å². The molecule has 1 N–H and O–H groups in total. The van der Waals surface area contributed by atoms with Crippen LogP contribution in [-0.4, -0.2) is 39.1 Å². The molecule has 2 aromatic carbocycles. The van der Waals surface area contributed by atoms with Crippen molar-refractivity contribution >= 4 is 33.5 Å². The summed E-state index contributed by atoms with van der Waals surface area (Å²) in [5.74, 6) is -3.61. The van der Waals surface area contributed by atoms with E-state index < -0.39 is 40.5 Å². The van der Waals surface area contributed by atoms with Crippen LogP contribution in [0.25, 0.3) is 21.9 Å². The number of H-pyrrole nitrogens is 1. The molecule has 1 saturated heterocycles. The van der Waals surface area contributed by atoms with Crippen molar-refractivity contribution in [3.63, 3.8) is 0 Å². The van der Waals surface area contributed by atoms with Gasteiger partial charge in [0.1, 0.15) is 22.2 Å². The van der Waals surface area contributed by atoms with Gasteiger partial charge in [-0.3, -0.25) is 9.88 Å². The summed E-state index contributed by atoms with van der Waals surface area (Å²) in [5, 5.41) is -0.0294. The second-order valence-electron chi connectivity index (χ2n) is 8.32. The van der Waals surface area contributed by atoms with Crippen molar-refractivity contribution < 1.29 is 26.3 Å². The molecular weight excluding hydrogens is 482 g/mol. The lowest BCUT2D eigenvalue weighted by Crippen LogP contribution is -2.43. The van der Waals surface area contributed by atoms with E-state index in [2.05, 4.69) is 15.0 Å². The Labute approximate surface area is 194 Å². The number of rotatable bonds is 3. The van der Waals surface area contributed by atoms with Crippen LogP contribution in [-0.2, 0) is 0 Å². The number of halogens is 7. The average Bonchev–Trinajstić information content (AvgIpc) is 3.20. The quantitative estimate of drug-likeness (QED) is 0.253. The number of aromatic nitrogens is 3. The number of nitrogens with one attached hydrogen (secondary N) is 1. The van der Waals surface area contributed by atoms with Crippen LogP contribution in [0.3, 0.4) is 0 Å². The van der Waals surface area contributed by atoms with E-state index in [1.54, 1.807) is 18.3 Å². The Morgan fingerprint density at radius 3 is 2.50 bits per heavy atom. The van der Waals surface area contributed by atoms with E-state index >= 15 is 0 Å². The molecule has 0 bridgehead atoms. The molecule has 0 spiro atoms. The standard InChI is InChI=1S/C23H17ClF6N4/c24-18-19(27)15(26)10-17-20(18)33-22(32-17)21(23(28,29)30)34-7-4-11(5-8-34)13-3-6-31-16-2-1-12(25)9-14(13)16/h1-3,6,9-11,21H,4-5,7-8H2,(H,32,33)/t21-/m0/s1. The first kappa shape index (κ1) is 22.9. The summed E-state index contributed by atoms with van der Waals surface area (Å²) in [5.41, 5.74) is 1.08. The summed E-state index contributed by atoms with van der Waals surface area (Å²) in [6, 6.07) is 4.68. The number of fused-ring (bicyclic) bond motifs is 2. The Bertz CT molecular complexity index is 1380. The second kappa shape index (κ2) is 8.42. The molecule has 0 saturated carbocycles. The van der Waals surface area contributed by atoms with Crippen molar-refractivity contribution in [2.45, 2.75) is 31.0 Å². The minimum absolute atomic E-state index is 0.0780. The van der Waals surface area contributed by atoms with E-state index in [0.717, 1.165) is 11.6 Å². The molecular formula is C23H17ClF6N4. The zero-order chi connectivity index (χ0) is 24.2. The summed E-state index contributed by atoms with van der Waals surface area (Å²) in [6.07, 6.45) is -2.30. The van der Waals surface area contributed by atoms with Gasteiger partial charge in [-0.25, -0.2) is 18.2 Å². The predicted octanol–water partition coefficient (Wildman–Crippen LogP) is 6.66. The van der Waals surface area contributed by atoms with Gasteiger partial charge in [-0.05, 0) is 61.7 Å². The van der Waals surface area contributed by atoms with Crippen LogP contribution in [0.5, 0.6) is 0 Å². The van der Waals surface area contributed by atoms with Gasteiger partial charge in [-0.15, -0.1) is 0 Å². The third kappa shape index (κ3) is 3.98. The first-order valence-electron chi connectivity index (χ1n) is 10.5. The van der Waals surface area contributed by atoms with Crippen LogP contribution in [0.1, 0.15) is 36.2 Å². The van der Waals surface area contributed by atoms with Crippen LogP contribution >= 0.6 is 11.6 Å². The zero-order valence-corrected chi connectivity index (χ0v) is 18.2. The number of imidazole rings is 1. The number of pyridine rings is 1. The Balaban J connectivity index is 1.44. The summed E-state index contributed by atoms with van der Waals surface area (Å²) < 4.78 is 83.6. The van der Waals surface area contributed by atoms with Crippen molar-refractivity contribution in [3.8, 4) is 0 Å². The second-order valence-corrected chi connectivity index (χ2v) is 8.70. The lowest BCUT2D eigenvalue weighted by molar-refractivity contribution is -0.191. The molecule has 4 nitrogen and oxygen atoms in total. The number of hydrogen-bond acceptors (Lipinski definition) is 3. The van der Waals surface area contributed by atoms with Crippen LogP contribution < -0.4 is 0 Å². The molecule has 34 heavy (non-hydrogen) atoms. The first-order chi connectivity index (χ1) is 16.1. The maximum Gasteiger partial charge on any atom is 0.411 e. The van der Waals surface area contributed by atoms with Crippen LogP contribution in [0.15, 0.2) is 36.5 Å². The SMILES string of the molecule is Fc1ccc2nccc(C3CCN([C@@H](c4nc5c(Cl)c(F)c(F)cc5[nH]4)C(F)(F)F)CC3)c2c1. The van der Waals surface area contributed by atoms with Crippen molar-refractivity contribution in [3.05, 3.63) is 70.4 Å². The Morgan fingerprint density at radius 2 is 1.79 bits per heavy atom. The van der Waals surface area contributed by atoms with Gasteiger partial charge in [0, 0.05) is 17.6 Å². The maximum absolute atomic E-state index is 14.1. The molecule has 1 atom stereocenters. The maximum atomic E-state index is 14.1. The molecule has 11 heteroatoms. The Morgan fingerprint density at radius 1 is 1.06 bits per heavy atom. The molecule has 0 radical (unpaired) electrons. The van der Waals surface area contributed by atoms with Crippen LogP contribution in [0.4, 0.5) is 26.3 Å². The lowest BCUT2D eigenvalue weighted by Gasteiger charge is -2.37. The van der Waals surface area contributed by atoms with Gasteiger partial charge >= 0.3 is 6.18 Å². The van der Waals surface area contributed by atoms with Gasteiger partial charge in [-0.2, -0.15) is 13.2 Å². The predicted molar refractivity (Wildman–Crippen MR) is 115 cm³/mol. The van der Waals surface area contributed by atoms with Gasteiger partial charge in [0.25, 0.3) is 0 Å². The number of benzene rings is 2. The van der Waals surface area contributed by atoms with Crippen LogP contribution in [0.2, 0.25) is 5.02 Å². The lowest BCUT2D eigenvalue weighted by atomic mass is 9.87. The highest BCUT2D eigenvalue weighted by molar-refractivity contribution is 6.35. The fourth-order valence-electron chi connectivity index (χ4n) is 4.71. The first-order valence-corrected chi connectivity index (χ1v) is 10.9. The normalized spacial score (nSPS) is 17.0. The highest BCUT2D eigenvalue weighted by atomic mass is 35.5. The van der Waals surface area contributed by atoms with E-state index in [4.69, 9.17) is 11.6 Å². The van der Waals surface area contributed by atoms with Crippen molar-refractivity contribution in [2.24, 2.45) is 0 Å². The molecule has 3 heterocycles. The molecule has 4 aromatic rings. The summed E-state index contributed by atoms with van der Waals surface area (Å²) in [4.78, 5) is 11.8. The highest BCUT2D eigenvalue weighted by Gasteiger charge is 2.47. The largest absolute Gasteiger partial charge is 0.411 e. The van der Waals surface area contributed by atoms with Gasteiger partial charge < -0.3 is 4.98 Å². The van der Waals surface area contributed by atoms with E-state index in [0.29, 0.717) is 23.7 Å². The van der Waals surface area contributed by atoms with Gasteiger partial charge in [-0.1, -0.05) is 11.6 Å². The molecule has 1 aliphatic heterocycles. The molecule has 0 amide bonds. The zero-order valence-electron chi connectivity index (χ0n) is 17.4. The molecule has 2 aromatic heterocycles. The Hall–Kier alpha value is -2.85. The number of aromatic amines is 1. The van der Waals surface area contributed by atoms with E-state index in [9.17, 15) is 26.3 Å².